The maximum Gasteiger partial charge on any atom is 0.254 e. The van der Waals surface area contributed by atoms with Crippen molar-refractivity contribution in [2.45, 2.75) is 4.90 Å². The number of piperazine rings is 1. The molecule has 8 heteroatoms. The topological polar surface area (TPSA) is 40.6 Å². The Morgan fingerprint density at radius 3 is 2.19 bits per heavy atom. The summed E-state index contributed by atoms with van der Waals surface area (Å²) in [7, 11) is 0. The zero-order valence-corrected chi connectivity index (χ0v) is 15.1. The lowest BCUT2D eigenvalue weighted by Gasteiger charge is -2.34. The van der Waals surface area contributed by atoms with E-state index in [2.05, 4.69) is 0 Å². The zero-order valence-electron chi connectivity index (χ0n) is 14.3. The number of halogens is 3. The summed E-state index contributed by atoms with van der Waals surface area (Å²) in [4.78, 5) is 28.2. The Labute approximate surface area is 158 Å². The third-order valence-electron chi connectivity index (χ3n) is 4.27. The average molecular weight is 394 g/mol. The Morgan fingerprint density at radius 1 is 0.852 bits per heavy atom. The van der Waals surface area contributed by atoms with Crippen molar-refractivity contribution >= 4 is 23.6 Å². The van der Waals surface area contributed by atoms with E-state index in [1.165, 1.54) is 17.0 Å². The minimum atomic E-state index is -1.07. The van der Waals surface area contributed by atoms with Gasteiger partial charge in [-0.25, -0.2) is 13.2 Å². The van der Waals surface area contributed by atoms with E-state index in [1.807, 2.05) is 0 Å². The molecule has 0 bridgehead atoms. The minimum absolute atomic E-state index is 0.0729. The number of hydrogen-bond acceptors (Lipinski definition) is 3. The molecule has 3 rings (SSSR count). The van der Waals surface area contributed by atoms with Crippen LogP contribution in [0.15, 0.2) is 47.4 Å². The van der Waals surface area contributed by atoms with Crippen LogP contribution in [-0.2, 0) is 4.79 Å². The van der Waals surface area contributed by atoms with E-state index < -0.39 is 17.5 Å². The molecule has 0 unspecified atom stereocenters. The van der Waals surface area contributed by atoms with Crippen molar-refractivity contribution in [3.63, 3.8) is 0 Å². The number of benzene rings is 2. The molecule has 0 saturated carbocycles. The number of thioether (sulfide) groups is 1. The lowest BCUT2D eigenvalue weighted by Crippen LogP contribution is -2.51. The molecule has 142 valence electrons. The molecule has 1 fully saturated rings. The van der Waals surface area contributed by atoms with Crippen LogP contribution in [-0.4, -0.2) is 53.5 Å². The fourth-order valence-corrected chi connectivity index (χ4v) is 3.61. The predicted molar refractivity (Wildman–Crippen MR) is 96.0 cm³/mol. The molecule has 2 amide bonds. The molecule has 0 radical (unpaired) electrons. The third-order valence-corrected chi connectivity index (χ3v) is 5.31. The van der Waals surface area contributed by atoms with Crippen molar-refractivity contribution in [3.05, 3.63) is 65.5 Å². The smallest absolute Gasteiger partial charge is 0.254 e. The molecule has 1 aliphatic rings. The first-order valence-corrected chi connectivity index (χ1v) is 9.33. The Balaban J connectivity index is 1.52. The second-order valence-electron chi connectivity index (χ2n) is 6.02. The van der Waals surface area contributed by atoms with Crippen LogP contribution >= 0.6 is 11.8 Å². The highest BCUT2D eigenvalue weighted by atomic mass is 32.2. The van der Waals surface area contributed by atoms with Crippen LogP contribution in [0.3, 0.4) is 0 Å². The van der Waals surface area contributed by atoms with Crippen molar-refractivity contribution in [1.29, 1.82) is 0 Å². The summed E-state index contributed by atoms with van der Waals surface area (Å²) in [6.07, 6.45) is 0. The maximum atomic E-state index is 13.6. The first-order chi connectivity index (χ1) is 13.0. The lowest BCUT2D eigenvalue weighted by atomic mass is 10.1. The van der Waals surface area contributed by atoms with E-state index in [-0.39, 0.29) is 23.0 Å². The molecule has 0 spiro atoms. The molecular weight excluding hydrogens is 377 g/mol. The van der Waals surface area contributed by atoms with E-state index in [4.69, 9.17) is 0 Å². The van der Waals surface area contributed by atoms with Crippen molar-refractivity contribution in [2.75, 3.05) is 31.9 Å². The second-order valence-corrected chi connectivity index (χ2v) is 7.04. The van der Waals surface area contributed by atoms with Gasteiger partial charge in [-0.3, -0.25) is 9.59 Å². The number of rotatable bonds is 4. The van der Waals surface area contributed by atoms with Gasteiger partial charge in [0.1, 0.15) is 5.82 Å². The fourth-order valence-electron chi connectivity index (χ4n) is 2.76. The van der Waals surface area contributed by atoms with Gasteiger partial charge in [0.15, 0.2) is 11.6 Å². The van der Waals surface area contributed by atoms with Gasteiger partial charge in [0.25, 0.3) is 5.91 Å². The van der Waals surface area contributed by atoms with Crippen LogP contribution in [0, 0.1) is 17.5 Å². The van der Waals surface area contributed by atoms with Crippen molar-refractivity contribution in [2.24, 2.45) is 0 Å². The second kappa shape index (κ2) is 8.47. The zero-order chi connectivity index (χ0) is 19.4. The van der Waals surface area contributed by atoms with Crippen LogP contribution < -0.4 is 0 Å². The lowest BCUT2D eigenvalue weighted by molar-refractivity contribution is -0.129. The number of amides is 2. The van der Waals surface area contributed by atoms with E-state index >= 15 is 0 Å². The molecule has 0 aliphatic carbocycles. The molecule has 2 aromatic rings. The van der Waals surface area contributed by atoms with Gasteiger partial charge in [-0.2, -0.15) is 0 Å². The van der Waals surface area contributed by atoms with Crippen LogP contribution in [0.4, 0.5) is 13.2 Å². The monoisotopic (exact) mass is 394 g/mol. The minimum Gasteiger partial charge on any atom is -0.338 e. The molecule has 0 atom stereocenters. The molecule has 2 aromatic carbocycles. The van der Waals surface area contributed by atoms with Crippen molar-refractivity contribution in [3.8, 4) is 0 Å². The number of nitrogens with zero attached hydrogens (tertiary/aromatic N) is 2. The van der Waals surface area contributed by atoms with Gasteiger partial charge in [0.2, 0.25) is 5.91 Å². The first-order valence-electron chi connectivity index (χ1n) is 8.35. The molecule has 0 aromatic heterocycles. The van der Waals surface area contributed by atoms with E-state index in [1.54, 1.807) is 23.1 Å². The number of hydrogen-bond donors (Lipinski definition) is 0. The number of carbonyl (C=O) groups is 2. The quantitative estimate of drug-likeness (QED) is 0.748. The molecule has 4 nitrogen and oxygen atoms in total. The average Bonchev–Trinajstić information content (AvgIpc) is 2.69. The Morgan fingerprint density at radius 2 is 1.52 bits per heavy atom. The van der Waals surface area contributed by atoms with Gasteiger partial charge < -0.3 is 9.80 Å². The third kappa shape index (κ3) is 4.63. The predicted octanol–water partition coefficient (Wildman–Crippen LogP) is 3.18. The Bertz CT molecular complexity index is 855. The molecule has 27 heavy (non-hydrogen) atoms. The van der Waals surface area contributed by atoms with E-state index in [9.17, 15) is 22.8 Å². The van der Waals surface area contributed by atoms with Gasteiger partial charge in [0.05, 0.1) is 5.75 Å². The van der Waals surface area contributed by atoms with Crippen molar-refractivity contribution in [1.82, 2.24) is 9.80 Å². The molecule has 1 heterocycles. The first kappa shape index (κ1) is 19.3. The summed E-state index contributed by atoms with van der Waals surface area (Å²) >= 11 is 1.13. The highest BCUT2D eigenvalue weighted by molar-refractivity contribution is 8.00. The summed E-state index contributed by atoms with van der Waals surface area (Å²) in [6, 6.07) is 9.29. The van der Waals surface area contributed by atoms with Crippen LogP contribution in [0.2, 0.25) is 0 Å². The molecule has 0 N–H and O–H groups in total. The van der Waals surface area contributed by atoms with Gasteiger partial charge in [-0.1, -0.05) is 12.1 Å². The van der Waals surface area contributed by atoms with Gasteiger partial charge in [-0.05, 0) is 30.3 Å². The van der Waals surface area contributed by atoms with Crippen LogP contribution in [0.1, 0.15) is 10.4 Å². The van der Waals surface area contributed by atoms with Crippen molar-refractivity contribution < 1.29 is 22.8 Å². The number of carbonyl (C=O) groups excluding carboxylic acids is 2. The largest absolute Gasteiger partial charge is 0.338 e. The van der Waals surface area contributed by atoms with Gasteiger partial charge in [-0.15, -0.1) is 11.8 Å². The summed E-state index contributed by atoms with van der Waals surface area (Å²) in [5.74, 6) is -2.87. The summed E-state index contributed by atoms with van der Waals surface area (Å²) in [5, 5.41) is 0. The highest BCUT2D eigenvalue weighted by Crippen LogP contribution is 2.22. The summed E-state index contributed by atoms with van der Waals surface area (Å²) in [6.45, 7) is 1.28. The van der Waals surface area contributed by atoms with Crippen LogP contribution in [0.25, 0.3) is 0 Å². The summed E-state index contributed by atoms with van der Waals surface area (Å²) in [5.41, 5.74) is 0.0729. The highest BCUT2D eigenvalue weighted by Gasteiger charge is 2.25. The maximum absolute atomic E-state index is 13.6. The Hall–Kier alpha value is -2.48. The van der Waals surface area contributed by atoms with Gasteiger partial charge in [0, 0.05) is 36.6 Å². The normalized spacial score (nSPS) is 14.3. The standard InChI is InChI=1S/C19H17F3N2O2S/c20-14-6-5-13(11-16(14)22)19(26)24-9-7-23(8-10-24)18(25)12-27-17-4-2-1-3-15(17)21/h1-6,11H,7-10,12H2. The van der Waals surface area contributed by atoms with E-state index in [0.717, 1.165) is 23.9 Å². The fraction of sp³-hybridized carbons (Fsp3) is 0.263. The molecular formula is C19H17F3N2O2S. The molecule has 1 saturated heterocycles. The van der Waals surface area contributed by atoms with E-state index in [0.29, 0.717) is 31.1 Å². The van der Waals surface area contributed by atoms with Crippen LogP contribution in [0.5, 0.6) is 0 Å². The Kier molecular flexibility index (Phi) is 6.05. The van der Waals surface area contributed by atoms with Gasteiger partial charge >= 0.3 is 0 Å². The summed E-state index contributed by atoms with van der Waals surface area (Å²) < 4.78 is 39.9. The SMILES string of the molecule is O=C(CSc1ccccc1F)N1CCN(C(=O)c2ccc(F)c(F)c2)CC1. The molecule has 1 aliphatic heterocycles.